The Morgan fingerprint density at radius 2 is 1.63 bits per heavy atom. The van der Waals surface area contributed by atoms with Gasteiger partial charge in [0.2, 0.25) is 11.8 Å². The van der Waals surface area contributed by atoms with Gasteiger partial charge in [-0.3, -0.25) is 24.1 Å². The molecular weight excluding hydrogens is 826 g/mol. The van der Waals surface area contributed by atoms with Crippen molar-refractivity contribution < 1.29 is 51.0 Å². The van der Waals surface area contributed by atoms with Crippen molar-refractivity contribution in [3.8, 4) is 0 Å². The summed E-state index contributed by atoms with van der Waals surface area (Å²) in [5.74, 6) is -6.04. The predicted molar refractivity (Wildman–Crippen MR) is 222 cm³/mol. The molecule has 1 unspecified atom stereocenters. The maximum absolute atomic E-state index is 14.7. The van der Waals surface area contributed by atoms with Crippen LogP contribution >= 0.6 is 0 Å². The van der Waals surface area contributed by atoms with E-state index in [9.17, 15) is 41.6 Å². The molecule has 2 aliphatic carbocycles. The van der Waals surface area contributed by atoms with Gasteiger partial charge >= 0.3 is 18.1 Å². The van der Waals surface area contributed by atoms with Gasteiger partial charge in [0, 0.05) is 31.0 Å². The number of carbonyl (C=O) groups is 6. The summed E-state index contributed by atoms with van der Waals surface area (Å²) in [6.45, 7) is 3.87. The monoisotopic (exact) mass is 879 g/mol. The van der Waals surface area contributed by atoms with Crippen molar-refractivity contribution in [2.75, 3.05) is 18.4 Å². The van der Waals surface area contributed by atoms with Gasteiger partial charge in [0.05, 0.1) is 24.3 Å². The first-order valence-electron chi connectivity index (χ1n) is 21.3. The number of rotatable bonds is 6. The van der Waals surface area contributed by atoms with Crippen LogP contribution in [0.15, 0.2) is 60.0 Å². The van der Waals surface area contributed by atoms with Gasteiger partial charge in [0.25, 0.3) is 15.9 Å². The third kappa shape index (κ3) is 9.66. The fourth-order valence-corrected chi connectivity index (χ4v) is 10.4. The van der Waals surface area contributed by atoms with E-state index in [0.717, 1.165) is 30.6 Å². The summed E-state index contributed by atoms with van der Waals surface area (Å²) in [7, 11) is -4.61. The zero-order chi connectivity index (χ0) is 44.2. The number of hydrogen-bond acceptors (Lipinski definition) is 11. The highest BCUT2D eigenvalue weighted by Crippen LogP contribution is 2.47. The molecule has 2 aromatic rings. The zero-order valence-electron chi connectivity index (χ0n) is 34.4. The minimum absolute atomic E-state index is 0.0391. The largest absolute Gasteiger partial charge is 0.462 e. The lowest BCUT2D eigenvalue weighted by molar-refractivity contribution is -0.161. The molecule has 3 aliphatic heterocycles. The molecule has 6 atom stereocenters. The number of ether oxygens (including phenoxy) is 2. The van der Waals surface area contributed by atoms with E-state index < -0.39 is 87.2 Å². The van der Waals surface area contributed by atoms with Crippen LogP contribution in [0.5, 0.6) is 0 Å². The number of para-hydroxylation sites is 1. The molecule has 3 heterocycles. The summed E-state index contributed by atoms with van der Waals surface area (Å²) in [6.07, 6.45) is 5.44. The molecule has 17 nitrogen and oxygen atoms in total. The maximum atomic E-state index is 14.7. The van der Waals surface area contributed by atoms with Gasteiger partial charge in [0.1, 0.15) is 40.9 Å². The molecule has 62 heavy (non-hydrogen) atoms. The first-order valence-corrected chi connectivity index (χ1v) is 22.8. The molecule has 6 N–H and O–H groups in total. The number of benzene rings is 2. The van der Waals surface area contributed by atoms with Crippen LogP contribution in [0.1, 0.15) is 88.2 Å². The summed E-state index contributed by atoms with van der Waals surface area (Å²) >= 11 is 0. The fourth-order valence-electron chi connectivity index (χ4n) is 9.26. The molecule has 0 aromatic heterocycles. The summed E-state index contributed by atoms with van der Waals surface area (Å²) in [5.41, 5.74) is 5.14. The number of fused-ring (bicyclic) bond motifs is 3. The molecule has 0 radical (unpaired) electrons. The van der Waals surface area contributed by atoms with Crippen LogP contribution < -0.4 is 26.4 Å². The quantitative estimate of drug-likeness (QED) is 0.159. The van der Waals surface area contributed by atoms with Gasteiger partial charge in [-0.05, 0) is 68.7 Å². The van der Waals surface area contributed by atoms with Gasteiger partial charge in [-0.15, -0.1) is 6.58 Å². The Balaban J connectivity index is 1.22. The van der Waals surface area contributed by atoms with E-state index in [-0.39, 0.29) is 55.6 Å². The predicted octanol–water partition coefficient (Wildman–Crippen LogP) is 3.72. The van der Waals surface area contributed by atoms with Crippen molar-refractivity contribution in [1.82, 2.24) is 25.2 Å². The van der Waals surface area contributed by atoms with E-state index in [4.69, 9.17) is 15.2 Å². The highest BCUT2D eigenvalue weighted by molar-refractivity contribution is 7.90. The molecule has 19 heteroatoms. The summed E-state index contributed by atoms with van der Waals surface area (Å²) < 4.78 is 56.3. The molecule has 0 bridgehead atoms. The third-order valence-corrected chi connectivity index (χ3v) is 14.0. The second-order valence-corrected chi connectivity index (χ2v) is 18.5. The second kappa shape index (κ2) is 18.7. The molecule has 2 aromatic carbocycles. The minimum atomic E-state index is -4.61. The first-order chi connectivity index (χ1) is 29.7. The second-order valence-electron chi connectivity index (χ2n) is 16.8. The van der Waals surface area contributed by atoms with E-state index in [1.807, 2.05) is 0 Å². The molecule has 2 saturated carbocycles. The highest BCUT2D eigenvalue weighted by Gasteiger charge is 2.62. The number of primary amides is 1. The highest BCUT2D eigenvalue weighted by atomic mass is 32.2. The van der Waals surface area contributed by atoms with Crippen LogP contribution in [-0.2, 0) is 51.8 Å². The first kappa shape index (κ1) is 44.3. The number of urea groups is 1. The number of carbonyl (C=O) groups excluding carboxylic acids is 6. The number of nitrogens with two attached hydrogens (primary N) is 1. The van der Waals surface area contributed by atoms with Crippen LogP contribution in [0.2, 0.25) is 0 Å². The van der Waals surface area contributed by atoms with E-state index in [0.29, 0.717) is 49.8 Å². The van der Waals surface area contributed by atoms with Crippen molar-refractivity contribution in [3.05, 3.63) is 72.1 Å². The van der Waals surface area contributed by atoms with E-state index >= 15 is 0 Å². The van der Waals surface area contributed by atoms with Crippen LogP contribution in [0.25, 0.3) is 0 Å². The summed E-state index contributed by atoms with van der Waals surface area (Å²) in [6, 6.07) is 6.27. The lowest BCUT2D eigenvalue weighted by Crippen LogP contribution is -2.64. The van der Waals surface area contributed by atoms with Gasteiger partial charge in [-0.25, -0.2) is 27.1 Å². The number of hydrogen-bond donors (Lipinski definition) is 5. The van der Waals surface area contributed by atoms with Gasteiger partial charge < -0.3 is 36.1 Å². The van der Waals surface area contributed by atoms with Crippen molar-refractivity contribution in [1.29, 1.82) is 0 Å². The topological polar surface area (TPSA) is 236 Å². The van der Waals surface area contributed by atoms with Crippen molar-refractivity contribution in [3.63, 3.8) is 0 Å². The van der Waals surface area contributed by atoms with Crippen molar-refractivity contribution in [2.45, 2.75) is 125 Å². The SMILES string of the molecule is C=C[C@@H]1C[C@]1(NC(N)=O)C1NC(=O)[C@@H]2C[C@@H](OC(=O)N3Cc4cccc(F)c4C3)CN2C(=O)[C@@H](C(=O)OC2CCCC2)CCCCCCCNc2ccccc2S(=O)(=O)NC1=O. The molecule has 5 aliphatic rings. The zero-order valence-corrected chi connectivity index (χ0v) is 35.3. The molecule has 3 fully saturated rings. The Hall–Kier alpha value is -5.72. The lowest BCUT2D eigenvalue weighted by atomic mass is 9.97. The number of nitrogens with one attached hydrogen (secondary N) is 4. The average Bonchev–Trinajstić information content (AvgIpc) is 3.66. The smallest absolute Gasteiger partial charge is 0.410 e. The van der Waals surface area contributed by atoms with E-state index in [1.165, 1.54) is 35.2 Å². The molecule has 0 spiro atoms. The maximum Gasteiger partial charge on any atom is 0.410 e. The number of nitrogens with zero attached hydrogens (tertiary/aromatic N) is 2. The minimum Gasteiger partial charge on any atom is -0.462 e. The van der Waals surface area contributed by atoms with E-state index in [1.54, 1.807) is 18.2 Å². The van der Waals surface area contributed by atoms with Crippen molar-refractivity contribution >= 4 is 51.5 Å². The molecule has 1 saturated heterocycles. The number of anilines is 1. The molecule has 7 rings (SSSR count). The normalized spacial score (nSPS) is 28.2. The average molecular weight is 880 g/mol. The Morgan fingerprint density at radius 3 is 2.35 bits per heavy atom. The van der Waals surface area contributed by atoms with Gasteiger partial charge in [-0.1, -0.05) is 56.0 Å². The van der Waals surface area contributed by atoms with E-state index in [2.05, 4.69) is 27.3 Å². The molecular formula is C43H54FN7O10S. The van der Waals surface area contributed by atoms with Crippen LogP contribution in [0.3, 0.4) is 0 Å². The Labute approximate surface area is 359 Å². The van der Waals surface area contributed by atoms with Crippen LogP contribution in [0, 0.1) is 17.7 Å². The standard InChI is InChI=1S/C43H54FN7O10S/c1-2-27-22-43(27,48-41(45)56)36-38(53)49-62(58,59)35-19-10-9-18-33(35)46-20-11-5-3-4-6-16-30(40(55)60-28-14-7-8-15-28)39(54)51-24-29(21-34(51)37(52)47-36)61-42(57)50-23-26-13-12-17-32(44)31(26)25-50/h2,9-10,12-13,17-19,27-30,34,36,46H,1,3-8,11,14-16,20-25H2,(H,47,52)(H,49,53)(H3,45,48,56)/t27-,29-,30+,34+,36?,43-/m1/s1. The number of halogens is 1. The number of esters is 1. The number of amides is 6. The Bertz CT molecular complexity index is 2200. The Morgan fingerprint density at radius 1 is 0.903 bits per heavy atom. The lowest BCUT2D eigenvalue weighted by Gasteiger charge is -2.32. The summed E-state index contributed by atoms with van der Waals surface area (Å²) in [4.78, 5) is 85.9. The van der Waals surface area contributed by atoms with Gasteiger partial charge in [-0.2, -0.15) is 0 Å². The van der Waals surface area contributed by atoms with Crippen molar-refractivity contribution in [2.24, 2.45) is 17.6 Å². The Kier molecular flexibility index (Phi) is 13.4. The van der Waals surface area contributed by atoms with Crippen LogP contribution in [-0.4, -0.2) is 97.0 Å². The molecule has 6 amide bonds. The fraction of sp³-hybridized carbons (Fsp3) is 0.535. The molecule has 334 valence electrons. The number of sulfonamides is 1. The summed E-state index contributed by atoms with van der Waals surface area (Å²) in [5, 5.41) is 8.27. The van der Waals surface area contributed by atoms with Gasteiger partial charge in [0.15, 0.2) is 0 Å². The van der Waals surface area contributed by atoms with Crippen LogP contribution in [0.4, 0.5) is 19.7 Å². The third-order valence-electron chi connectivity index (χ3n) is 12.6.